The molecule has 0 spiro atoms. The van der Waals surface area contributed by atoms with Gasteiger partial charge >= 0.3 is 0 Å². The first-order valence-electron chi connectivity index (χ1n) is 4.04. The van der Waals surface area contributed by atoms with Gasteiger partial charge in [-0.1, -0.05) is 15.9 Å². The molecule has 0 saturated heterocycles. The second kappa shape index (κ2) is 7.19. The van der Waals surface area contributed by atoms with Gasteiger partial charge in [-0.05, 0) is 0 Å². The maximum atomic E-state index is 10.9. The van der Waals surface area contributed by atoms with E-state index >= 15 is 0 Å². The number of ether oxygens (including phenoxy) is 1. The number of nitrogens with one attached hydrogen (secondary N) is 1. The van der Waals surface area contributed by atoms with Gasteiger partial charge < -0.3 is 10.1 Å². The van der Waals surface area contributed by atoms with Crippen molar-refractivity contribution in [2.24, 2.45) is 0 Å². The molecule has 0 aromatic rings. The van der Waals surface area contributed by atoms with Crippen LogP contribution < -0.4 is 5.32 Å². The molecule has 84 valence electrons. The Hall–Kier alpha value is -0.140. The van der Waals surface area contributed by atoms with Crippen molar-refractivity contribution in [1.82, 2.24) is 5.32 Å². The number of alkyl halides is 1. The predicted octanol–water partition coefficient (Wildman–Crippen LogP) is -0.441. The van der Waals surface area contributed by atoms with Gasteiger partial charge in [-0.25, -0.2) is 8.42 Å². The number of carbonyl (C=O) groups is 1. The summed E-state index contributed by atoms with van der Waals surface area (Å²) in [6, 6.07) is 0. The molecule has 0 saturated carbocycles. The molecule has 0 fully saturated rings. The Balaban J connectivity index is 3.46. The lowest BCUT2D eigenvalue weighted by Crippen LogP contribution is -2.32. The minimum absolute atomic E-state index is 0.335. The number of carbonyl (C=O) groups excluding carboxylic acids is 1. The molecule has 1 N–H and O–H groups in total. The lowest BCUT2D eigenvalue weighted by molar-refractivity contribution is -0.118. The number of halogens is 1. The molecular weight excluding hydrogens is 274 g/mol. The van der Waals surface area contributed by atoms with Gasteiger partial charge in [0.1, 0.15) is 5.75 Å². The zero-order chi connectivity index (χ0) is 11.0. The maximum Gasteiger partial charge on any atom is 0.235 e. The molecule has 0 rings (SSSR count). The normalized spacial score (nSPS) is 11.3. The van der Waals surface area contributed by atoms with Crippen LogP contribution in [0, 0.1) is 0 Å². The van der Waals surface area contributed by atoms with Crippen molar-refractivity contribution in [3.8, 4) is 0 Å². The molecule has 0 aliphatic heterocycles. The van der Waals surface area contributed by atoms with Crippen LogP contribution in [-0.2, 0) is 19.4 Å². The summed E-state index contributed by atoms with van der Waals surface area (Å²) in [5.74, 6) is -0.958. The first-order chi connectivity index (χ1) is 6.45. The highest BCUT2D eigenvalue weighted by Gasteiger charge is 2.09. The summed E-state index contributed by atoms with van der Waals surface area (Å²) in [5, 5.41) is 3.18. The Labute approximate surface area is 92.2 Å². The lowest BCUT2D eigenvalue weighted by atomic mass is 10.6. The van der Waals surface area contributed by atoms with Gasteiger partial charge in [0, 0.05) is 18.1 Å². The van der Waals surface area contributed by atoms with Crippen molar-refractivity contribution < 1.29 is 17.9 Å². The Morgan fingerprint density at radius 3 is 2.57 bits per heavy atom. The molecule has 0 aliphatic carbocycles. The molecule has 0 bridgehead atoms. The van der Waals surface area contributed by atoms with Crippen molar-refractivity contribution in [3.05, 3.63) is 0 Å². The third-order valence-corrected chi connectivity index (χ3v) is 2.29. The SMILES string of the molecule is CS(=O)(=O)CC(=O)NCCOCCBr. The van der Waals surface area contributed by atoms with Crippen LogP contribution in [0.2, 0.25) is 0 Å². The van der Waals surface area contributed by atoms with E-state index in [9.17, 15) is 13.2 Å². The van der Waals surface area contributed by atoms with Crippen LogP contribution >= 0.6 is 15.9 Å². The minimum atomic E-state index is -3.23. The van der Waals surface area contributed by atoms with E-state index in [0.717, 1.165) is 11.6 Å². The van der Waals surface area contributed by atoms with Gasteiger partial charge in [-0.3, -0.25) is 4.79 Å². The number of rotatable bonds is 7. The molecule has 0 heterocycles. The number of sulfone groups is 1. The van der Waals surface area contributed by atoms with Crippen molar-refractivity contribution in [2.45, 2.75) is 0 Å². The molecule has 0 unspecified atom stereocenters. The quantitative estimate of drug-likeness (QED) is 0.509. The summed E-state index contributed by atoms with van der Waals surface area (Å²) in [6.45, 7) is 1.30. The van der Waals surface area contributed by atoms with Gasteiger partial charge in [-0.2, -0.15) is 0 Å². The zero-order valence-electron chi connectivity index (χ0n) is 7.95. The predicted molar refractivity (Wildman–Crippen MR) is 57.3 cm³/mol. The molecule has 14 heavy (non-hydrogen) atoms. The molecule has 0 radical (unpaired) electrons. The van der Waals surface area contributed by atoms with Gasteiger partial charge in [-0.15, -0.1) is 0 Å². The topological polar surface area (TPSA) is 72.5 Å². The van der Waals surface area contributed by atoms with Gasteiger partial charge in [0.05, 0.1) is 13.2 Å². The van der Waals surface area contributed by atoms with E-state index in [0.29, 0.717) is 19.8 Å². The second-order valence-electron chi connectivity index (χ2n) is 2.72. The van der Waals surface area contributed by atoms with E-state index in [4.69, 9.17) is 4.74 Å². The fraction of sp³-hybridized carbons (Fsp3) is 0.857. The maximum absolute atomic E-state index is 10.9. The van der Waals surface area contributed by atoms with Crippen molar-refractivity contribution >= 4 is 31.7 Å². The van der Waals surface area contributed by atoms with Crippen LogP contribution in [0.1, 0.15) is 0 Å². The van der Waals surface area contributed by atoms with E-state index in [1.165, 1.54) is 0 Å². The highest BCUT2D eigenvalue weighted by atomic mass is 79.9. The Bertz CT molecular complexity index is 265. The monoisotopic (exact) mass is 287 g/mol. The summed E-state index contributed by atoms with van der Waals surface area (Å²) in [5.41, 5.74) is 0. The summed E-state index contributed by atoms with van der Waals surface area (Å²) >= 11 is 3.18. The first-order valence-corrected chi connectivity index (χ1v) is 7.22. The summed E-state index contributed by atoms with van der Waals surface area (Å²) in [6.07, 6.45) is 1.02. The standard InChI is InChI=1S/C7H14BrNO4S/c1-14(11,12)6-7(10)9-3-5-13-4-2-8/h2-6H2,1H3,(H,9,10). The van der Waals surface area contributed by atoms with Crippen molar-refractivity contribution in [3.63, 3.8) is 0 Å². The number of hydrogen-bond acceptors (Lipinski definition) is 4. The van der Waals surface area contributed by atoms with Crippen molar-refractivity contribution in [1.29, 1.82) is 0 Å². The fourth-order valence-corrected chi connectivity index (χ4v) is 1.52. The van der Waals surface area contributed by atoms with Gasteiger partial charge in [0.2, 0.25) is 5.91 Å². The smallest absolute Gasteiger partial charge is 0.235 e. The van der Waals surface area contributed by atoms with E-state index < -0.39 is 21.5 Å². The van der Waals surface area contributed by atoms with E-state index in [2.05, 4.69) is 21.2 Å². The molecule has 5 nitrogen and oxygen atoms in total. The van der Waals surface area contributed by atoms with Crippen LogP contribution in [0.5, 0.6) is 0 Å². The minimum Gasteiger partial charge on any atom is -0.379 e. The van der Waals surface area contributed by atoms with Crippen LogP contribution in [0.15, 0.2) is 0 Å². The number of hydrogen-bond donors (Lipinski definition) is 1. The van der Waals surface area contributed by atoms with E-state index in [-0.39, 0.29) is 0 Å². The third-order valence-electron chi connectivity index (χ3n) is 1.18. The lowest BCUT2D eigenvalue weighted by Gasteiger charge is -2.04. The Morgan fingerprint density at radius 2 is 2.07 bits per heavy atom. The molecule has 1 amide bonds. The summed E-state index contributed by atoms with van der Waals surface area (Å²) in [7, 11) is -3.23. The largest absolute Gasteiger partial charge is 0.379 e. The van der Waals surface area contributed by atoms with Crippen LogP contribution in [0.3, 0.4) is 0 Å². The first kappa shape index (κ1) is 13.9. The summed E-state index contributed by atoms with van der Waals surface area (Å²) in [4.78, 5) is 10.9. The van der Waals surface area contributed by atoms with Gasteiger partial charge in [0.15, 0.2) is 9.84 Å². The van der Waals surface area contributed by atoms with Crippen LogP contribution in [-0.4, -0.2) is 51.4 Å². The van der Waals surface area contributed by atoms with Crippen molar-refractivity contribution in [2.75, 3.05) is 37.1 Å². The van der Waals surface area contributed by atoms with Crippen LogP contribution in [0.4, 0.5) is 0 Å². The van der Waals surface area contributed by atoms with Crippen LogP contribution in [0.25, 0.3) is 0 Å². The van der Waals surface area contributed by atoms with E-state index in [1.54, 1.807) is 0 Å². The second-order valence-corrected chi connectivity index (χ2v) is 5.65. The molecular formula is C7H14BrNO4S. The molecule has 0 aromatic carbocycles. The average molecular weight is 288 g/mol. The fourth-order valence-electron chi connectivity index (χ4n) is 0.708. The third kappa shape index (κ3) is 9.94. The number of amides is 1. The molecule has 0 aliphatic rings. The van der Waals surface area contributed by atoms with E-state index in [1.807, 2.05) is 0 Å². The molecule has 0 atom stereocenters. The average Bonchev–Trinajstić information content (AvgIpc) is 2.00. The Morgan fingerprint density at radius 1 is 1.43 bits per heavy atom. The highest BCUT2D eigenvalue weighted by Crippen LogP contribution is 1.83. The van der Waals surface area contributed by atoms with Gasteiger partial charge in [0.25, 0.3) is 0 Å². The highest BCUT2D eigenvalue weighted by molar-refractivity contribution is 9.09. The molecule has 0 aromatic heterocycles. The zero-order valence-corrected chi connectivity index (χ0v) is 10.4. The Kier molecular flexibility index (Phi) is 7.12. The molecule has 7 heteroatoms. The summed E-state index contributed by atoms with van der Waals surface area (Å²) < 4.78 is 26.4.